The summed E-state index contributed by atoms with van der Waals surface area (Å²) in [4.78, 5) is 18.7. The van der Waals surface area contributed by atoms with E-state index in [0.717, 1.165) is 26.2 Å². The van der Waals surface area contributed by atoms with E-state index in [9.17, 15) is 4.79 Å². The number of aryl methyl sites for hydroxylation is 1. The van der Waals surface area contributed by atoms with Gasteiger partial charge < -0.3 is 14.8 Å². The Kier molecular flexibility index (Phi) is 3.52. The molecule has 20 heavy (non-hydrogen) atoms. The number of nitrogens with one attached hydrogen (secondary N) is 1. The molecule has 1 saturated heterocycles. The first-order chi connectivity index (χ1) is 9.75. The summed E-state index contributed by atoms with van der Waals surface area (Å²) in [6.07, 6.45) is 3.42. The van der Waals surface area contributed by atoms with Crippen LogP contribution in [0.15, 0.2) is 36.7 Å². The van der Waals surface area contributed by atoms with Crippen molar-refractivity contribution in [3.63, 3.8) is 0 Å². The lowest BCUT2D eigenvalue weighted by molar-refractivity contribution is 0.102. The maximum atomic E-state index is 12.3. The van der Waals surface area contributed by atoms with Gasteiger partial charge in [-0.3, -0.25) is 4.79 Å². The number of hydrogen-bond donors (Lipinski definition) is 1. The average Bonchev–Trinajstić information content (AvgIpc) is 2.94. The summed E-state index contributed by atoms with van der Waals surface area (Å²) in [6.45, 7) is 4.03. The fourth-order valence-corrected chi connectivity index (χ4v) is 2.46. The predicted octanol–water partition coefficient (Wildman–Crippen LogP) is 1.06. The smallest absolute Gasteiger partial charge is 0.228 e. The lowest BCUT2D eigenvalue weighted by atomic mass is 10.1. The normalized spacial score (nSPS) is 15.3. The van der Waals surface area contributed by atoms with Crippen molar-refractivity contribution in [1.82, 2.24) is 14.9 Å². The Morgan fingerprint density at radius 2 is 1.90 bits per heavy atom. The maximum absolute atomic E-state index is 12.3. The Bertz CT molecular complexity index is 597. The Hall–Kier alpha value is -2.14. The minimum atomic E-state index is -0.0376. The molecule has 1 fully saturated rings. The van der Waals surface area contributed by atoms with Crippen LogP contribution in [0.5, 0.6) is 0 Å². The van der Waals surface area contributed by atoms with Crippen molar-refractivity contribution in [3.8, 4) is 0 Å². The summed E-state index contributed by atoms with van der Waals surface area (Å²) in [5.41, 5.74) is 1.85. The van der Waals surface area contributed by atoms with Crippen LogP contribution in [-0.2, 0) is 7.05 Å². The van der Waals surface area contributed by atoms with E-state index in [1.165, 1.54) is 5.69 Å². The zero-order chi connectivity index (χ0) is 13.9. The SMILES string of the molecule is Cn1ccnc1C(=O)c1ccc(N2CCNCC2)cc1. The first-order valence-electron chi connectivity index (χ1n) is 6.83. The average molecular weight is 270 g/mol. The number of nitrogens with zero attached hydrogens (tertiary/aromatic N) is 3. The van der Waals surface area contributed by atoms with Gasteiger partial charge in [0, 0.05) is 56.9 Å². The molecule has 104 valence electrons. The summed E-state index contributed by atoms with van der Waals surface area (Å²) < 4.78 is 1.74. The third-order valence-electron chi connectivity index (χ3n) is 3.64. The highest BCUT2D eigenvalue weighted by Gasteiger charge is 2.15. The molecule has 1 aliphatic rings. The van der Waals surface area contributed by atoms with Crippen molar-refractivity contribution in [3.05, 3.63) is 48.0 Å². The highest BCUT2D eigenvalue weighted by atomic mass is 16.1. The number of ketones is 1. The molecule has 1 aliphatic heterocycles. The molecule has 5 heteroatoms. The van der Waals surface area contributed by atoms with E-state index in [0.29, 0.717) is 11.4 Å². The Balaban J connectivity index is 1.79. The first-order valence-corrected chi connectivity index (χ1v) is 6.83. The lowest BCUT2D eigenvalue weighted by Gasteiger charge is -2.29. The molecule has 2 heterocycles. The third kappa shape index (κ3) is 2.44. The fraction of sp³-hybridized carbons (Fsp3) is 0.333. The highest BCUT2D eigenvalue weighted by Crippen LogP contribution is 2.17. The molecule has 0 amide bonds. The van der Waals surface area contributed by atoms with Crippen molar-refractivity contribution in [2.45, 2.75) is 0 Å². The summed E-state index contributed by atoms with van der Waals surface area (Å²) in [5, 5.41) is 3.33. The molecule has 1 aromatic heterocycles. The van der Waals surface area contributed by atoms with Gasteiger partial charge in [0.05, 0.1) is 0 Å². The number of carbonyl (C=O) groups is 1. The van der Waals surface area contributed by atoms with Gasteiger partial charge in [-0.1, -0.05) is 0 Å². The molecule has 0 aliphatic carbocycles. The lowest BCUT2D eigenvalue weighted by Crippen LogP contribution is -2.43. The second-order valence-electron chi connectivity index (χ2n) is 4.97. The second-order valence-corrected chi connectivity index (χ2v) is 4.97. The van der Waals surface area contributed by atoms with Gasteiger partial charge in [-0.2, -0.15) is 0 Å². The van der Waals surface area contributed by atoms with E-state index in [-0.39, 0.29) is 5.78 Å². The van der Waals surface area contributed by atoms with Crippen molar-refractivity contribution in [2.24, 2.45) is 7.05 Å². The van der Waals surface area contributed by atoms with Crippen LogP contribution in [0.25, 0.3) is 0 Å². The molecule has 5 nitrogen and oxygen atoms in total. The van der Waals surface area contributed by atoms with Gasteiger partial charge in [-0.15, -0.1) is 0 Å². The Morgan fingerprint density at radius 3 is 2.50 bits per heavy atom. The number of benzene rings is 1. The standard InChI is InChI=1S/C15H18N4O/c1-18-9-8-17-15(18)14(20)12-2-4-13(5-3-12)19-10-6-16-7-11-19/h2-5,8-9,16H,6-7,10-11H2,1H3. The number of rotatable bonds is 3. The molecule has 1 N–H and O–H groups in total. The summed E-state index contributed by atoms with van der Waals surface area (Å²) in [7, 11) is 1.83. The van der Waals surface area contributed by atoms with Gasteiger partial charge in [0.2, 0.25) is 5.78 Å². The van der Waals surface area contributed by atoms with E-state index in [1.807, 2.05) is 31.3 Å². The monoisotopic (exact) mass is 270 g/mol. The molecular weight excluding hydrogens is 252 g/mol. The van der Waals surface area contributed by atoms with Crippen LogP contribution in [-0.4, -0.2) is 41.5 Å². The molecule has 2 aromatic rings. The minimum Gasteiger partial charge on any atom is -0.369 e. The van der Waals surface area contributed by atoms with E-state index in [1.54, 1.807) is 17.0 Å². The molecule has 1 aromatic carbocycles. The van der Waals surface area contributed by atoms with Crippen LogP contribution in [0.3, 0.4) is 0 Å². The van der Waals surface area contributed by atoms with Crippen LogP contribution in [0.4, 0.5) is 5.69 Å². The number of aromatic nitrogens is 2. The van der Waals surface area contributed by atoms with Crippen LogP contribution in [0, 0.1) is 0 Å². The predicted molar refractivity (Wildman–Crippen MR) is 78.2 cm³/mol. The zero-order valence-electron chi connectivity index (χ0n) is 11.5. The summed E-state index contributed by atoms with van der Waals surface area (Å²) in [6, 6.07) is 7.80. The number of imidazole rings is 1. The van der Waals surface area contributed by atoms with Gasteiger partial charge >= 0.3 is 0 Å². The zero-order valence-corrected chi connectivity index (χ0v) is 11.5. The van der Waals surface area contributed by atoms with E-state index < -0.39 is 0 Å². The fourth-order valence-electron chi connectivity index (χ4n) is 2.46. The van der Waals surface area contributed by atoms with Gasteiger partial charge in [-0.05, 0) is 24.3 Å². The van der Waals surface area contributed by atoms with Crippen molar-refractivity contribution in [1.29, 1.82) is 0 Å². The van der Waals surface area contributed by atoms with Crippen LogP contribution in [0.2, 0.25) is 0 Å². The topological polar surface area (TPSA) is 50.2 Å². The molecule has 0 radical (unpaired) electrons. The number of hydrogen-bond acceptors (Lipinski definition) is 4. The maximum Gasteiger partial charge on any atom is 0.228 e. The summed E-state index contributed by atoms with van der Waals surface area (Å²) in [5.74, 6) is 0.435. The van der Waals surface area contributed by atoms with Crippen molar-refractivity contribution >= 4 is 11.5 Å². The van der Waals surface area contributed by atoms with E-state index in [2.05, 4.69) is 15.2 Å². The van der Waals surface area contributed by atoms with Gasteiger partial charge in [0.25, 0.3) is 0 Å². The van der Waals surface area contributed by atoms with E-state index in [4.69, 9.17) is 0 Å². The first kappa shape index (κ1) is 12.9. The molecule has 0 spiro atoms. The molecule has 0 bridgehead atoms. The Labute approximate surface area is 118 Å². The third-order valence-corrected chi connectivity index (χ3v) is 3.64. The second kappa shape index (κ2) is 5.46. The van der Waals surface area contributed by atoms with Crippen LogP contribution < -0.4 is 10.2 Å². The number of piperazine rings is 1. The Morgan fingerprint density at radius 1 is 1.20 bits per heavy atom. The molecule has 0 atom stereocenters. The quantitative estimate of drug-likeness (QED) is 0.847. The molecular formula is C15H18N4O. The number of carbonyl (C=O) groups excluding carboxylic acids is 1. The van der Waals surface area contributed by atoms with Crippen LogP contribution >= 0.6 is 0 Å². The largest absolute Gasteiger partial charge is 0.369 e. The minimum absolute atomic E-state index is 0.0376. The molecule has 0 saturated carbocycles. The van der Waals surface area contributed by atoms with Crippen LogP contribution in [0.1, 0.15) is 16.2 Å². The van der Waals surface area contributed by atoms with Gasteiger partial charge in [0.1, 0.15) is 0 Å². The van der Waals surface area contributed by atoms with E-state index >= 15 is 0 Å². The van der Waals surface area contributed by atoms with Gasteiger partial charge in [-0.25, -0.2) is 4.98 Å². The molecule has 3 rings (SSSR count). The molecule has 0 unspecified atom stereocenters. The highest BCUT2D eigenvalue weighted by molar-refractivity contribution is 6.06. The number of anilines is 1. The summed E-state index contributed by atoms with van der Waals surface area (Å²) >= 11 is 0. The van der Waals surface area contributed by atoms with Crippen molar-refractivity contribution in [2.75, 3.05) is 31.1 Å². The van der Waals surface area contributed by atoms with Crippen molar-refractivity contribution < 1.29 is 4.79 Å². The van der Waals surface area contributed by atoms with Gasteiger partial charge in [0.15, 0.2) is 5.82 Å².